The number of halogens is 1. The first-order valence-corrected chi connectivity index (χ1v) is 5.95. The zero-order valence-electron chi connectivity index (χ0n) is 9.83. The molecule has 0 saturated heterocycles. The van der Waals surface area contributed by atoms with Crippen molar-refractivity contribution < 1.29 is 9.53 Å². The molecule has 5 heteroatoms. The minimum Gasteiger partial charge on any atom is -0.492 e. The van der Waals surface area contributed by atoms with Gasteiger partial charge in [0.15, 0.2) is 0 Å². The maximum Gasteiger partial charge on any atom is 0.312 e. The summed E-state index contributed by atoms with van der Waals surface area (Å²) in [4.78, 5) is 10.6. The summed E-state index contributed by atoms with van der Waals surface area (Å²) in [7, 11) is 0. The molecule has 0 unspecified atom stereocenters. The molecule has 4 nitrogen and oxygen atoms in total. The maximum absolute atomic E-state index is 10.6. The molecular weight excluding hydrogens is 240 g/mol. The Morgan fingerprint density at radius 3 is 2.88 bits per heavy atom. The summed E-state index contributed by atoms with van der Waals surface area (Å²) in [6.07, 6.45) is 2.08. The fourth-order valence-electron chi connectivity index (χ4n) is 1.29. The highest BCUT2D eigenvalue weighted by molar-refractivity contribution is 6.32. The molecule has 0 aliphatic carbocycles. The van der Waals surface area contributed by atoms with Crippen molar-refractivity contribution in [2.24, 2.45) is 5.73 Å². The van der Waals surface area contributed by atoms with E-state index in [1.807, 2.05) is 6.07 Å². The predicted octanol–water partition coefficient (Wildman–Crippen LogP) is 2.69. The highest BCUT2D eigenvalue weighted by Gasteiger charge is 2.03. The monoisotopic (exact) mass is 256 g/mol. The summed E-state index contributed by atoms with van der Waals surface area (Å²) >= 11 is 6.05. The van der Waals surface area contributed by atoms with Gasteiger partial charge in [0.2, 0.25) is 0 Å². The number of carbonyl (C=O) groups is 1. The number of nitrogens with one attached hydrogen (secondary N) is 1. The smallest absolute Gasteiger partial charge is 0.312 e. The second-order valence-electron chi connectivity index (χ2n) is 3.68. The van der Waals surface area contributed by atoms with Gasteiger partial charge in [-0.05, 0) is 24.1 Å². The first-order valence-electron chi connectivity index (χ1n) is 5.58. The lowest BCUT2D eigenvalue weighted by atomic mass is 10.2. The van der Waals surface area contributed by atoms with Crippen LogP contribution >= 0.6 is 11.6 Å². The Bertz CT molecular complexity index is 383. The van der Waals surface area contributed by atoms with Gasteiger partial charge in [-0.15, -0.1) is 0 Å². The molecule has 0 aromatic heterocycles. The second kappa shape index (κ2) is 7.01. The highest BCUT2D eigenvalue weighted by Crippen LogP contribution is 2.25. The van der Waals surface area contributed by atoms with Crippen LogP contribution < -0.4 is 15.8 Å². The van der Waals surface area contributed by atoms with Crippen LogP contribution in [0.2, 0.25) is 5.02 Å². The number of hydrogen-bond donors (Lipinski definition) is 2. The molecule has 0 aliphatic heterocycles. The Labute approximate surface area is 106 Å². The van der Waals surface area contributed by atoms with Crippen molar-refractivity contribution in [3.63, 3.8) is 0 Å². The van der Waals surface area contributed by atoms with Crippen LogP contribution in [0.25, 0.3) is 0 Å². The third-order valence-electron chi connectivity index (χ3n) is 2.22. The molecule has 0 radical (unpaired) electrons. The summed E-state index contributed by atoms with van der Waals surface area (Å²) < 4.78 is 5.51. The Balaban J connectivity index is 2.56. The molecule has 1 rings (SSSR count). The number of nitrogens with two attached hydrogens (primary N) is 1. The molecule has 0 heterocycles. The number of benzene rings is 1. The van der Waals surface area contributed by atoms with Gasteiger partial charge in [0.05, 0.1) is 11.6 Å². The average Bonchev–Trinajstić information content (AvgIpc) is 2.29. The summed E-state index contributed by atoms with van der Waals surface area (Å²) in [5.41, 5.74) is 5.87. The highest BCUT2D eigenvalue weighted by atomic mass is 35.5. The van der Waals surface area contributed by atoms with Crippen LogP contribution in [0.1, 0.15) is 25.3 Å². The Morgan fingerprint density at radius 1 is 1.53 bits per heavy atom. The van der Waals surface area contributed by atoms with Crippen LogP contribution in [0.15, 0.2) is 18.2 Å². The molecule has 1 aromatic rings. The van der Waals surface area contributed by atoms with Gasteiger partial charge in [0.25, 0.3) is 0 Å². The van der Waals surface area contributed by atoms with Crippen LogP contribution in [0.3, 0.4) is 0 Å². The van der Waals surface area contributed by atoms with Crippen molar-refractivity contribution in [3.8, 4) is 5.75 Å². The predicted molar refractivity (Wildman–Crippen MR) is 68.3 cm³/mol. The number of unbranched alkanes of at least 4 members (excludes halogenated alkanes) is 1. The molecule has 0 aliphatic rings. The van der Waals surface area contributed by atoms with E-state index in [2.05, 4.69) is 12.2 Å². The van der Waals surface area contributed by atoms with Gasteiger partial charge in [-0.25, -0.2) is 4.79 Å². The van der Waals surface area contributed by atoms with Crippen molar-refractivity contribution in [2.45, 2.75) is 26.3 Å². The Hall–Kier alpha value is -1.42. The number of carbonyl (C=O) groups excluding carboxylic acids is 1. The van der Waals surface area contributed by atoms with Gasteiger partial charge in [-0.1, -0.05) is 31.0 Å². The lowest BCUT2D eigenvalue weighted by Gasteiger charge is -2.09. The number of primary amides is 1. The molecule has 1 aromatic carbocycles. The van der Waals surface area contributed by atoms with Crippen LogP contribution in [-0.2, 0) is 6.54 Å². The van der Waals surface area contributed by atoms with E-state index >= 15 is 0 Å². The van der Waals surface area contributed by atoms with Gasteiger partial charge in [0, 0.05) is 6.54 Å². The maximum atomic E-state index is 10.6. The van der Waals surface area contributed by atoms with Gasteiger partial charge in [-0.2, -0.15) is 0 Å². The van der Waals surface area contributed by atoms with Crippen LogP contribution in [0.5, 0.6) is 5.75 Å². The fraction of sp³-hybridized carbons (Fsp3) is 0.417. The quantitative estimate of drug-likeness (QED) is 0.769. The van der Waals surface area contributed by atoms with Crippen LogP contribution in [0, 0.1) is 0 Å². The summed E-state index contributed by atoms with van der Waals surface area (Å²) in [6.45, 7) is 3.13. The zero-order valence-corrected chi connectivity index (χ0v) is 10.6. The lowest BCUT2D eigenvalue weighted by molar-refractivity contribution is 0.248. The molecule has 3 N–H and O–H groups in total. The van der Waals surface area contributed by atoms with E-state index in [9.17, 15) is 4.79 Å². The third-order valence-corrected chi connectivity index (χ3v) is 2.51. The van der Waals surface area contributed by atoms with Crippen molar-refractivity contribution in [1.29, 1.82) is 0 Å². The molecule has 0 atom stereocenters. The van der Waals surface area contributed by atoms with Gasteiger partial charge >= 0.3 is 6.03 Å². The molecule has 0 fully saturated rings. The Morgan fingerprint density at radius 2 is 2.29 bits per heavy atom. The Kier molecular flexibility index (Phi) is 5.63. The van der Waals surface area contributed by atoms with Crippen LogP contribution in [-0.4, -0.2) is 12.6 Å². The van der Waals surface area contributed by atoms with E-state index in [4.69, 9.17) is 22.1 Å². The topological polar surface area (TPSA) is 64.3 Å². The number of ether oxygens (including phenoxy) is 1. The van der Waals surface area contributed by atoms with Crippen molar-refractivity contribution in [1.82, 2.24) is 5.32 Å². The number of rotatable bonds is 6. The largest absolute Gasteiger partial charge is 0.492 e. The van der Waals surface area contributed by atoms with E-state index in [-0.39, 0.29) is 0 Å². The normalized spacial score (nSPS) is 10.0. The summed E-state index contributed by atoms with van der Waals surface area (Å²) in [5.74, 6) is 0.669. The van der Waals surface area contributed by atoms with Crippen molar-refractivity contribution in [3.05, 3.63) is 28.8 Å². The van der Waals surface area contributed by atoms with Gasteiger partial charge in [-0.3, -0.25) is 0 Å². The summed E-state index contributed by atoms with van der Waals surface area (Å²) in [5, 5.41) is 3.05. The van der Waals surface area contributed by atoms with Gasteiger partial charge in [0.1, 0.15) is 5.75 Å². The number of hydrogen-bond acceptors (Lipinski definition) is 2. The first kappa shape index (κ1) is 13.6. The first-order chi connectivity index (χ1) is 8.13. The molecular formula is C12H17ClN2O2. The number of urea groups is 1. The van der Waals surface area contributed by atoms with Gasteiger partial charge < -0.3 is 15.8 Å². The number of amides is 2. The molecule has 0 bridgehead atoms. The van der Waals surface area contributed by atoms with E-state index in [0.717, 1.165) is 18.4 Å². The standard InChI is InChI=1S/C12H17ClN2O2/c1-2-3-6-17-11-5-4-9(7-10(11)13)8-15-12(14)16/h4-5,7H,2-3,6,8H2,1H3,(H3,14,15,16). The van der Waals surface area contributed by atoms with E-state index in [1.165, 1.54) is 0 Å². The lowest BCUT2D eigenvalue weighted by Crippen LogP contribution is -2.28. The fourth-order valence-corrected chi connectivity index (χ4v) is 1.54. The summed E-state index contributed by atoms with van der Waals surface area (Å²) in [6, 6.07) is 4.86. The van der Waals surface area contributed by atoms with E-state index < -0.39 is 6.03 Å². The molecule has 0 spiro atoms. The molecule has 94 valence electrons. The van der Waals surface area contributed by atoms with Crippen LogP contribution in [0.4, 0.5) is 4.79 Å². The second-order valence-corrected chi connectivity index (χ2v) is 4.09. The minimum atomic E-state index is -0.551. The van der Waals surface area contributed by atoms with Crippen molar-refractivity contribution in [2.75, 3.05) is 6.61 Å². The molecule has 2 amide bonds. The average molecular weight is 257 g/mol. The van der Waals surface area contributed by atoms with E-state index in [0.29, 0.717) is 23.9 Å². The molecule has 17 heavy (non-hydrogen) atoms. The van der Waals surface area contributed by atoms with Crippen molar-refractivity contribution >= 4 is 17.6 Å². The molecule has 0 saturated carbocycles. The minimum absolute atomic E-state index is 0.365. The zero-order chi connectivity index (χ0) is 12.7. The third kappa shape index (κ3) is 4.95. The SMILES string of the molecule is CCCCOc1ccc(CNC(N)=O)cc1Cl. The van der Waals surface area contributed by atoms with E-state index in [1.54, 1.807) is 12.1 Å².